The smallest absolute Gasteiger partial charge is 0.336 e. The monoisotopic (exact) mass is 374 g/mol. The largest absolute Gasteiger partial charge is 0.478 e. The second-order valence-corrected chi connectivity index (χ2v) is 6.91. The maximum atomic E-state index is 11.5. The fourth-order valence-electron chi connectivity index (χ4n) is 3.45. The van der Waals surface area contributed by atoms with Gasteiger partial charge in [0.1, 0.15) is 17.2 Å². The van der Waals surface area contributed by atoms with Crippen LogP contribution < -0.4 is 0 Å². The van der Waals surface area contributed by atoms with Crippen molar-refractivity contribution in [3.8, 4) is 11.3 Å². The van der Waals surface area contributed by atoms with Crippen molar-refractivity contribution >= 4 is 16.9 Å². The molecule has 0 aliphatic rings. The third-order valence-electron chi connectivity index (χ3n) is 4.91. The molecule has 0 radical (unpaired) electrons. The normalized spacial score (nSPS) is 11.2. The van der Waals surface area contributed by atoms with Gasteiger partial charge in [-0.3, -0.25) is 0 Å². The molecule has 0 bridgehead atoms. The Morgan fingerprint density at radius 2 is 2.04 bits per heavy atom. The van der Waals surface area contributed by atoms with E-state index in [2.05, 4.69) is 22.5 Å². The molecular weight excluding hydrogens is 352 g/mol. The number of imidazole rings is 1. The highest BCUT2D eigenvalue weighted by atomic mass is 16.4. The lowest BCUT2D eigenvalue weighted by Crippen LogP contribution is -2.04. The standard InChI is InChI=1S/C23H22N2O3/c1-2-3-8-22-24-11-12-25(22)15-16-9-10-20-17(13-16)14-21(28-20)18-6-4-5-7-19(18)23(26)27/h4-7,9-14H,2-3,8,15H2,1H3,(H,26,27). The van der Waals surface area contributed by atoms with E-state index >= 15 is 0 Å². The number of unbranched alkanes of at least 4 members (excludes halogenated alkanes) is 1. The Hall–Kier alpha value is -3.34. The Morgan fingerprint density at radius 3 is 2.86 bits per heavy atom. The second kappa shape index (κ2) is 7.72. The first kappa shape index (κ1) is 18.0. The van der Waals surface area contributed by atoms with E-state index in [1.54, 1.807) is 18.2 Å². The number of fused-ring (bicyclic) bond motifs is 1. The van der Waals surface area contributed by atoms with Crippen LogP contribution in [-0.4, -0.2) is 20.6 Å². The lowest BCUT2D eigenvalue weighted by Gasteiger charge is -2.07. The highest BCUT2D eigenvalue weighted by Gasteiger charge is 2.15. The molecule has 142 valence electrons. The summed E-state index contributed by atoms with van der Waals surface area (Å²) in [5.41, 5.74) is 2.72. The molecule has 2 heterocycles. The fraction of sp³-hybridized carbons (Fsp3) is 0.217. The van der Waals surface area contributed by atoms with Gasteiger partial charge in [-0.15, -0.1) is 0 Å². The number of benzene rings is 2. The molecule has 0 spiro atoms. The van der Waals surface area contributed by atoms with Crippen molar-refractivity contribution in [1.29, 1.82) is 0 Å². The van der Waals surface area contributed by atoms with Crippen molar-refractivity contribution in [1.82, 2.24) is 9.55 Å². The van der Waals surface area contributed by atoms with Gasteiger partial charge in [-0.2, -0.15) is 0 Å². The van der Waals surface area contributed by atoms with E-state index in [9.17, 15) is 9.90 Å². The van der Waals surface area contributed by atoms with Crippen LogP contribution in [-0.2, 0) is 13.0 Å². The maximum Gasteiger partial charge on any atom is 0.336 e. The van der Waals surface area contributed by atoms with Crippen LogP contribution in [0.4, 0.5) is 0 Å². The molecule has 0 fully saturated rings. The van der Waals surface area contributed by atoms with Crippen molar-refractivity contribution in [3.63, 3.8) is 0 Å². The molecule has 0 unspecified atom stereocenters. The third kappa shape index (κ3) is 3.56. The molecule has 28 heavy (non-hydrogen) atoms. The van der Waals surface area contributed by atoms with Gasteiger partial charge in [0.25, 0.3) is 0 Å². The molecule has 2 aromatic heterocycles. The number of carboxylic acid groups (broad SMARTS) is 1. The Kier molecular flexibility index (Phi) is 4.98. The summed E-state index contributed by atoms with van der Waals surface area (Å²) in [7, 11) is 0. The van der Waals surface area contributed by atoms with Crippen LogP contribution in [0.15, 0.2) is 65.3 Å². The van der Waals surface area contributed by atoms with Gasteiger partial charge >= 0.3 is 5.97 Å². The molecule has 0 saturated carbocycles. The van der Waals surface area contributed by atoms with Crippen molar-refractivity contribution in [3.05, 3.63) is 77.9 Å². The molecule has 0 aliphatic carbocycles. The summed E-state index contributed by atoms with van der Waals surface area (Å²) in [5.74, 6) is 0.707. The zero-order chi connectivity index (χ0) is 19.5. The highest BCUT2D eigenvalue weighted by molar-refractivity contribution is 5.96. The maximum absolute atomic E-state index is 11.5. The lowest BCUT2D eigenvalue weighted by atomic mass is 10.0. The minimum absolute atomic E-state index is 0.237. The molecule has 1 N–H and O–H groups in total. The predicted molar refractivity (Wildman–Crippen MR) is 109 cm³/mol. The summed E-state index contributed by atoms with van der Waals surface area (Å²) in [5, 5.41) is 10.4. The van der Waals surface area contributed by atoms with Gasteiger partial charge in [-0.1, -0.05) is 37.6 Å². The van der Waals surface area contributed by atoms with Crippen LogP contribution in [0.25, 0.3) is 22.3 Å². The molecule has 5 heteroatoms. The fourth-order valence-corrected chi connectivity index (χ4v) is 3.45. The Bertz CT molecular complexity index is 1120. The summed E-state index contributed by atoms with van der Waals surface area (Å²) >= 11 is 0. The zero-order valence-corrected chi connectivity index (χ0v) is 15.8. The van der Waals surface area contributed by atoms with E-state index in [1.165, 1.54) is 0 Å². The van der Waals surface area contributed by atoms with Crippen LogP contribution in [0.3, 0.4) is 0 Å². The Balaban J connectivity index is 1.65. The first-order valence-corrected chi connectivity index (χ1v) is 9.51. The van der Waals surface area contributed by atoms with E-state index in [4.69, 9.17) is 4.42 Å². The van der Waals surface area contributed by atoms with Crippen molar-refractivity contribution in [2.45, 2.75) is 32.7 Å². The van der Waals surface area contributed by atoms with Crippen LogP contribution in [0, 0.1) is 0 Å². The average Bonchev–Trinajstić information content (AvgIpc) is 3.32. The van der Waals surface area contributed by atoms with Crippen LogP contribution in [0.5, 0.6) is 0 Å². The molecule has 0 saturated heterocycles. The first-order chi connectivity index (χ1) is 13.7. The van der Waals surface area contributed by atoms with Gasteiger partial charge in [0, 0.05) is 36.3 Å². The zero-order valence-electron chi connectivity index (χ0n) is 15.8. The Morgan fingerprint density at radius 1 is 1.18 bits per heavy atom. The summed E-state index contributed by atoms with van der Waals surface area (Å²) in [6.07, 6.45) is 7.12. The van der Waals surface area contributed by atoms with E-state index in [0.717, 1.165) is 48.2 Å². The molecule has 5 nitrogen and oxygen atoms in total. The van der Waals surface area contributed by atoms with E-state index in [1.807, 2.05) is 36.7 Å². The second-order valence-electron chi connectivity index (χ2n) is 6.91. The van der Waals surface area contributed by atoms with Gasteiger partial charge < -0.3 is 14.1 Å². The van der Waals surface area contributed by atoms with Gasteiger partial charge in [0.2, 0.25) is 0 Å². The van der Waals surface area contributed by atoms with Crippen molar-refractivity contribution in [2.75, 3.05) is 0 Å². The number of nitrogens with zero attached hydrogens (tertiary/aromatic N) is 2. The van der Waals surface area contributed by atoms with Gasteiger partial charge in [0.05, 0.1) is 5.56 Å². The Labute approximate surface area is 163 Å². The van der Waals surface area contributed by atoms with Crippen molar-refractivity contribution in [2.24, 2.45) is 0 Å². The number of aromatic nitrogens is 2. The van der Waals surface area contributed by atoms with Gasteiger partial charge in [0.15, 0.2) is 0 Å². The third-order valence-corrected chi connectivity index (χ3v) is 4.91. The first-order valence-electron chi connectivity index (χ1n) is 9.51. The quantitative estimate of drug-likeness (QED) is 0.471. The minimum atomic E-state index is -0.962. The molecule has 0 amide bonds. The average molecular weight is 374 g/mol. The molecule has 4 rings (SSSR count). The molecule has 0 aliphatic heterocycles. The summed E-state index contributed by atoms with van der Waals surface area (Å²) in [6.45, 7) is 2.93. The topological polar surface area (TPSA) is 68.3 Å². The summed E-state index contributed by atoms with van der Waals surface area (Å²) in [6, 6.07) is 14.9. The van der Waals surface area contributed by atoms with Crippen LogP contribution in [0.1, 0.15) is 41.5 Å². The number of rotatable bonds is 7. The molecule has 0 atom stereocenters. The minimum Gasteiger partial charge on any atom is -0.478 e. The number of furan rings is 1. The molecule has 2 aromatic carbocycles. The van der Waals surface area contributed by atoms with Gasteiger partial charge in [-0.25, -0.2) is 9.78 Å². The van der Waals surface area contributed by atoms with Gasteiger partial charge in [-0.05, 0) is 36.2 Å². The number of hydrogen-bond acceptors (Lipinski definition) is 3. The number of carboxylic acids is 1. The highest BCUT2D eigenvalue weighted by Crippen LogP contribution is 2.31. The SMILES string of the molecule is CCCCc1nccn1Cc1ccc2oc(-c3ccccc3C(=O)O)cc2c1. The van der Waals surface area contributed by atoms with E-state index in [-0.39, 0.29) is 5.56 Å². The van der Waals surface area contributed by atoms with Crippen LogP contribution in [0.2, 0.25) is 0 Å². The van der Waals surface area contributed by atoms with Crippen molar-refractivity contribution < 1.29 is 14.3 Å². The molecular formula is C23H22N2O3. The molecule has 4 aromatic rings. The predicted octanol–water partition coefficient (Wildman–Crippen LogP) is 5.39. The number of hydrogen-bond donors (Lipinski definition) is 1. The number of aryl methyl sites for hydroxylation is 1. The lowest BCUT2D eigenvalue weighted by molar-refractivity contribution is 0.0697. The van der Waals surface area contributed by atoms with Crippen LogP contribution >= 0.6 is 0 Å². The van der Waals surface area contributed by atoms with E-state index in [0.29, 0.717) is 11.3 Å². The van der Waals surface area contributed by atoms with E-state index < -0.39 is 5.97 Å². The summed E-state index contributed by atoms with van der Waals surface area (Å²) < 4.78 is 8.11. The summed E-state index contributed by atoms with van der Waals surface area (Å²) in [4.78, 5) is 16.0. The number of aromatic carboxylic acids is 1. The number of carbonyl (C=O) groups is 1.